The maximum Gasteiger partial charge on any atom is 0.226 e. The van der Waals surface area contributed by atoms with Gasteiger partial charge in [-0.1, -0.05) is 0 Å². The van der Waals surface area contributed by atoms with E-state index in [-0.39, 0.29) is 0 Å². The van der Waals surface area contributed by atoms with E-state index in [2.05, 4.69) is 0 Å². The molecule has 0 spiro atoms. The molecule has 0 amide bonds. The van der Waals surface area contributed by atoms with Gasteiger partial charge in [0.25, 0.3) is 0 Å². The maximum absolute atomic E-state index is 11.5. The topological polar surface area (TPSA) is 85.3 Å². The van der Waals surface area contributed by atoms with Crippen LogP contribution >= 0.6 is 0 Å². The molecule has 0 aromatic rings. The molecule has 0 heterocycles. The Morgan fingerprint density at radius 1 is 0.667 bits per heavy atom. The Labute approximate surface area is 86.8 Å². The van der Waals surface area contributed by atoms with Crippen molar-refractivity contribution in [1.82, 2.24) is 0 Å². The number of carbonyl (C=O) groups is 5. The van der Waals surface area contributed by atoms with E-state index in [4.69, 9.17) is 0 Å². The number of ketones is 5. The van der Waals surface area contributed by atoms with E-state index < -0.39 is 34.3 Å². The number of Topliss-reactive ketones (excluding diaryl/α,β-unsaturated/α-hetero) is 5. The molecule has 5 heteroatoms. The Morgan fingerprint density at radius 3 is 1.00 bits per heavy atom. The summed E-state index contributed by atoms with van der Waals surface area (Å²) in [7, 11) is 0. The molecule has 0 saturated carbocycles. The highest BCUT2D eigenvalue weighted by atomic mass is 16.2. The fourth-order valence-corrected chi connectivity index (χ4v) is 1.49. The molecule has 0 aromatic carbocycles. The first-order valence-electron chi connectivity index (χ1n) is 4.27. The largest absolute Gasteiger partial charge is 0.298 e. The Kier molecular flexibility index (Phi) is 3.78. The molecule has 0 fully saturated rings. The first-order chi connectivity index (χ1) is 6.68. The van der Waals surface area contributed by atoms with Gasteiger partial charge in [0.05, 0.1) is 0 Å². The molecular weight excluding hydrogens is 200 g/mol. The lowest BCUT2D eigenvalue weighted by Gasteiger charge is -2.22. The fourth-order valence-electron chi connectivity index (χ4n) is 1.49. The number of carbonyl (C=O) groups excluding carboxylic acids is 5. The standard InChI is InChI=1S/C10H12O5/c1-5(11)9(15)10(6(2)12,7(3)13)8(4)14/h1-4H3. The lowest BCUT2D eigenvalue weighted by Crippen LogP contribution is -2.52. The summed E-state index contributed by atoms with van der Waals surface area (Å²) in [6.45, 7) is 3.77. The zero-order valence-electron chi connectivity index (χ0n) is 9.04. The second-order valence-electron chi connectivity index (χ2n) is 3.30. The van der Waals surface area contributed by atoms with Crippen LogP contribution in [0.1, 0.15) is 27.7 Å². The lowest BCUT2D eigenvalue weighted by atomic mass is 9.72. The van der Waals surface area contributed by atoms with Crippen LogP contribution in [0.25, 0.3) is 0 Å². The summed E-state index contributed by atoms with van der Waals surface area (Å²) in [5.74, 6) is -4.97. The van der Waals surface area contributed by atoms with Crippen LogP contribution in [0.3, 0.4) is 0 Å². The van der Waals surface area contributed by atoms with E-state index in [1.807, 2.05) is 0 Å². The third-order valence-corrected chi connectivity index (χ3v) is 2.24. The molecule has 82 valence electrons. The Morgan fingerprint density at radius 2 is 0.933 bits per heavy atom. The van der Waals surface area contributed by atoms with Crippen LogP contribution in [0.2, 0.25) is 0 Å². The van der Waals surface area contributed by atoms with Gasteiger partial charge < -0.3 is 0 Å². The first kappa shape index (κ1) is 13.4. The quantitative estimate of drug-likeness (QED) is 0.469. The van der Waals surface area contributed by atoms with Crippen LogP contribution in [-0.4, -0.2) is 28.9 Å². The summed E-state index contributed by atoms with van der Waals surface area (Å²) in [6.07, 6.45) is 0. The molecule has 0 bridgehead atoms. The molecule has 0 saturated heterocycles. The number of hydrogen-bond acceptors (Lipinski definition) is 5. The third-order valence-electron chi connectivity index (χ3n) is 2.24. The number of rotatable bonds is 5. The molecule has 0 aliphatic heterocycles. The summed E-state index contributed by atoms with van der Waals surface area (Å²) in [4.78, 5) is 56.2. The lowest BCUT2D eigenvalue weighted by molar-refractivity contribution is -0.156. The minimum atomic E-state index is -2.42. The van der Waals surface area contributed by atoms with E-state index in [1.54, 1.807) is 0 Å². The van der Waals surface area contributed by atoms with Crippen molar-refractivity contribution in [2.75, 3.05) is 0 Å². The summed E-state index contributed by atoms with van der Waals surface area (Å²) in [5.41, 5.74) is -2.42. The van der Waals surface area contributed by atoms with Crippen LogP contribution in [0, 0.1) is 5.41 Å². The van der Waals surface area contributed by atoms with Gasteiger partial charge in [0.2, 0.25) is 11.2 Å². The highest BCUT2D eigenvalue weighted by Gasteiger charge is 2.53. The molecule has 5 nitrogen and oxygen atoms in total. The number of hydrogen-bond donors (Lipinski definition) is 0. The van der Waals surface area contributed by atoms with Gasteiger partial charge >= 0.3 is 0 Å². The fraction of sp³-hybridized carbons (Fsp3) is 0.500. The van der Waals surface area contributed by atoms with Crippen molar-refractivity contribution in [3.05, 3.63) is 0 Å². The predicted molar refractivity (Wildman–Crippen MR) is 50.2 cm³/mol. The SMILES string of the molecule is CC(=O)C(=O)C(C(C)=O)(C(C)=O)C(C)=O. The van der Waals surface area contributed by atoms with Gasteiger partial charge in [-0.05, 0) is 20.8 Å². The van der Waals surface area contributed by atoms with Gasteiger partial charge in [-0.25, -0.2) is 0 Å². The zero-order chi connectivity index (χ0) is 12.4. The highest BCUT2D eigenvalue weighted by Crippen LogP contribution is 2.23. The predicted octanol–water partition coefficient (Wildman–Crippen LogP) is -0.102. The maximum atomic E-state index is 11.5. The summed E-state index contributed by atoms with van der Waals surface area (Å²) < 4.78 is 0. The molecule has 0 unspecified atom stereocenters. The first-order valence-corrected chi connectivity index (χ1v) is 4.27. The molecule has 0 aliphatic carbocycles. The third kappa shape index (κ3) is 1.91. The molecule has 0 aromatic heterocycles. The molecular formula is C10H12O5. The van der Waals surface area contributed by atoms with Crippen molar-refractivity contribution in [1.29, 1.82) is 0 Å². The minimum Gasteiger partial charge on any atom is -0.298 e. The summed E-state index contributed by atoms with van der Waals surface area (Å²) in [6, 6.07) is 0. The highest BCUT2D eigenvalue weighted by molar-refractivity contribution is 6.54. The Balaban J connectivity index is 5.87. The molecule has 15 heavy (non-hydrogen) atoms. The van der Waals surface area contributed by atoms with Crippen molar-refractivity contribution in [3.63, 3.8) is 0 Å². The van der Waals surface area contributed by atoms with Crippen molar-refractivity contribution >= 4 is 28.9 Å². The van der Waals surface area contributed by atoms with Gasteiger partial charge in [-0.3, -0.25) is 24.0 Å². The van der Waals surface area contributed by atoms with Crippen LogP contribution < -0.4 is 0 Å². The van der Waals surface area contributed by atoms with E-state index >= 15 is 0 Å². The average molecular weight is 212 g/mol. The van der Waals surface area contributed by atoms with Crippen molar-refractivity contribution in [2.45, 2.75) is 27.7 Å². The van der Waals surface area contributed by atoms with Gasteiger partial charge in [-0.15, -0.1) is 0 Å². The van der Waals surface area contributed by atoms with Crippen molar-refractivity contribution in [2.24, 2.45) is 5.41 Å². The second-order valence-corrected chi connectivity index (χ2v) is 3.30. The molecule has 0 N–H and O–H groups in total. The summed E-state index contributed by atoms with van der Waals surface area (Å²) >= 11 is 0. The molecule has 0 aliphatic rings. The molecule has 0 rings (SSSR count). The van der Waals surface area contributed by atoms with Crippen LogP contribution in [0.5, 0.6) is 0 Å². The second kappa shape index (κ2) is 4.25. The van der Waals surface area contributed by atoms with E-state index in [0.29, 0.717) is 0 Å². The smallest absolute Gasteiger partial charge is 0.226 e. The normalized spacial score (nSPS) is 10.7. The van der Waals surface area contributed by atoms with Gasteiger partial charge in [-0.2, -0.15) is 0 Å². The van der Waals surface area contributed by atoms with Gasteiger partial charge in [0.1, 0.15) is 0 Å². The van der Waals surface area contributed by atoms with Gasteiger partial charge in [0, 0.05) is 6.92 Å². The average Bonchev–Trinajstić information content (AvgIpc) is 2.02. The van der Waals surface area contributed by atoms with Crippen molar-refractivity contribution in [3.8, 4) is 0 Å². The van der Waals surface area contributed by atoms with E-state index in [1.165, 1.54) is 0 Å². The minimum absolute atomic E-state index is 0.914. The van der Waals surface area contributed by atoms with Crippen molar-refractivity contribution < 1.29 is 24.0 Å². The summed E-state index contributed by atoms with van der Waals surface area (Å²) in [5, 5.41) is 0. The zero-order valence-corrected chi connectivity index (χ0v) is 9.04. The van der Waals surface area contributed by atoms with Crippen LogP contribution in [0.15, 0.2) is 0 Å². The van der Waals surface area contributed by atoms with E-state index in [9.17, 15) is 24.0 Å². The van der Waals surface area contributed by atoms with Crippen LogP contribution in [-0.2, 0) is 24.0 Å². The Hall–Kier alpha value is -1.65. The molecule has 0 atom stereocenters. The van der Waals surface area contributed by atoms with Crippen LogP contribution in [0.4, 0.5) is 0 Å². The van der Waals surface area contributed by atoms with E-state index in [0.717, 1.165) is 27.7 Å². The Bertz CT molecular complexity index is 328. The molecule has 0 radical (unpaired) electrons. The monoisotopic (exact) mass is 212 g/mol. The van der Waals surface area contributed by atoms with Gasteiger partial charge in [0.15, 0.2) is 23.1 Å².